The SMILES string of the molecule is C=C1C(=O)OC(CCCO)C1c1ccc(Cl)cc1. The van der Waals surface area contributed by atoms with Gasteiger partial charge >= 0.3 is 5.97 Å². The number of aliphatic hydroxyl groups is 1. The van der Waals surface area contributed by atoms with Gasteiger partial charge in [-0.25, -0.2) is 4.79 Å². The van der Waals surface area contributed by atoms with Crippen molar-refractivity contribution in [1.29, 1.82) is 0 Å². The molecular weight excluding hydrogens is 252 g/mol. The van der Waals surface area contributed by atoms with Gasteiger partial charge < -0.3 is 9.84 Å². The molecule has 0 amide bonds. The lowest BCUT2D eigenvalue weighted by Gasteiger charge is -2.17. The van der Waals surface area contributed by atoms with Crippen LogP contribution in [-0.4, -0.2) is 23.8 Å². The van der Waals surface area contributed by atoms with Gasteiger partial charge in [0.25, 0.3) is 0 Å². The molecule has 3 nitrogen and oxygen atoms in total. The highest BCUT2D eigenvalue weighted by molar-refractivity contribution is 6.30. The standard InChI is InChI=1S/C14H15ClO3/c1-9-13(10-4-6-11(15)7-5-10)12(3-2-8-16)18-14(9)17/h4-7,12-13,16H,1-3,8H2. The number of ether oxygens (including phenoxy) is 1. The van der Waals surface area contributed by atoms with E-state index in [4.69, 9.17) is 21.4 Å². The summed E-state index contributed by atoms with van der Waals surface area (Å²) in [7, 11) is 0. The fourth-order valence-corrected chi connectivity index (χ4v) is 2.36. The lowest BCUT2D eigenvalue weighted by molar-refractivity contribution is -0.139. The number of esters is 1. The third kappa shape index (κ3) is 2.57. The molecule has 4 heteroatoms. The third-order valence-electron chi connectivity index (χ3n) is 3.14. The van der Waals surface area contributed by atoms with E-state index in [1.54, 1.807) is 12.1 Å². The Bertz CT molecular complexity index is 453. The van der Waals surface area contributed by atoms with Crippen molar-refractivity contribution in [3.8, 4) is 0 Å². The summed E-state index contributed by atoms with van der Waals surface area (Å²) in [6, 6.07) is 7.34. The van der Waals surface area contributed by atoms with Crippen molar-refractivity contribution in [1.82, 2.24) is 0 Å². The molecular formula is C14H15ClO3. The normalized spacial score (nSPS) is 23.2. The van der Waals surface area contributed by atoms with Gasteiger partial charge in [0.15, 0.2) is 0 Å². The van der Waals surface area contributed by atoms with E-state index in [1.807, 2.05) is 12.1 Å². The Kier molecular flexibility index (Phi) is 4.04. The highest BCUT2D eigenvalue weighted by Gasteiger charge is 2.38. The number of aliphatic hydroxyl groups excluding tert-OH is 1. The molecule has 2 unspecified atom stereocenters. The summed E-state index contributed by atoms with van der Waals surface area (Å²) in [6.07, 6.45) is 1.00. The highest BCUT2D eigenvalue weighted by atomic mass is 35.5. The first-order valence-electron chi connectivity index (χ1n) is 5.89. The first kappa shape index (κ1) is 13.1. The second-order valence-corrected chi connectivity index (χ2v) is 4.80. The van der Waals surface area contributed by atoms with Crippen LogP contribution in [0.3, 0.4) is 0 Å². The van der Waals surface area contributed by atoms with E-state index < -0.39 is 0 Å². The Morgan fingerprint density at radius 2 is 2.00 bits per heavy atom. The summed E-state index contributed by atoms with van der Waals surface area (Å²) in [6.45, 7) is 3.89. The average molecular weight is 267 g/mol. The second kappa shape index (κ2) is 5.55. The molecule has 1 aliphatic rings. The molecule has 1 heterocycles. The minimum atomic E-state index is -0.349. The van der Waals surface area contributed by atoms with E-state index in [9.17, 15) is 4.79 Å². The Morgan fingerprint density at radius 1 is 1.33 bits per heavy atom. The fourth-order valence-electron chi connectivity index (χ4n) is 2.24. The topological polar surface area (TPSA) is 46.5 Å². The van der Waals surface area contributed by atoms with Crippen molar-refractivity contribution in [3.63, 3.8) is 0 Å². The first-order chi connectivity index (χ1) is 8.63. The van der Waals surface area contributed by atoms with Crippen LogP contribution in [0.4, 0.5) is 0 Å². The van der Waals surface area contributed by atoms with Crippen LogP contribution >= 0.6 is 11.6 Å². The number of halogens is 1. The third-order valence-corrected chi connectivity index (χ3v) is 3.40. The Labute approximate surface area is 111 Å². The van der Waals surface area contributed by atoms with Gasteiger partial charge in [-0.3, -0.25) is 0 Å². The van der Waals surface area contributed by atoms with Crippen LogP contribution in [0.15, 0.2) is 36.4 Å². The second-order valence-electron chi connectivity index (χ2n) is 4.36. The van der Waals surface area contributed by atoms with Gasteiger partial charge in [0.05, 0.1) is 5.92 Å². The van der Waals surface area contributed by atoms with Gasteiger partial charge in [-0.2, -0.15) is 0 Å². The summed E-state index contributed by atoms with van der Waals surface area (Å²) < 4.78 is 5.29. The lowest BCUT2D eigenvalue weighted by atomic mass is 9.87. The molecule has 1 aliphatic heterocycles. The molecule has 1 N–H and O–H groups in total. The van der Waals surface area contributed by atoms with E-state index in [-0.39, 0.29) is 24.6 Å². The fraction of sp³-hybridized carbons (Fsp3) is 0.357. The van der Waals surface area contributed by atoms with Gasteiger partial charge in [-0.05, 0) is 30.5 Å². The maximum absolute atomic E-state index is 11.6. The van der Waals surface area contributed by atoms with Gasteiger partial charge in [0.2, 0.25) is 0 Å². The molecule has 0 aromatic heterocycles. The molecule has 0 radical (unpaired) electrons. The molecule has 96 valence electrons. The van der Waals surface area contributed by atoms with Crippen LogP contribution in [0, 0.1) is 0 Å². The monoisotopic (exact) mass is 266 g/mol. The molecule has 0 aliphatic carbocycles. The zero-order chi connectivity index (χ0) is 13.1. The summed E-state index contributed by atoms with van der Waals surface area (Å²) in [5.74, 6) is -0.487. The molecule has 18 heavy (non-hydrogen) atoms. The number of hydrogen-bond acceptors (Lipinski definition) is 3. The Morgan fingerprint density at radius 3 is 2.61 bits per heavy atom. The summed E-state index contributed by atoms with van der Waals surface area (Å²) in [4.78, 5) is 11.6. The van der Waals surface area contributed by atoms with Crippen LogP contribution < -0.4 is 0 Å². The summed E-state index contributed by atoms with van der Waals surface area (Å²) >= 11 is 5.85. The van der Waals surface area contributed by atoms with Crippen molar-refractivity contribution in [2.45, 2.75) is 24.9 Å². The quantitative estimate of drug-likeness (QED) is 0.673. The molecule has 0 bridgehead atoms. The molecule has 1 fully saturated rings. The number of benzene rings is 1. The number of rotatable bonds is 4. The van der Waals surface area contributed by atoms with E-state index in [0.717, 1.165) is 5.56 Å². The van der Waals surface area contributed by atoms with Crippen molar-refractivity contribution in [2.75, 3.05) is 6.61 Å². The molecule has 2 rings (SSSR count). The maximum Gasteiger partial charge on any atom is 0.334 e. The van der Waals surface area contributed by atoms with Crippen molar-refractivity contribution in [3.05, 3.63) is 47.0 Å². The zero-order valence-electron chi connectivity index (χ0n) is 9.93. The van der Waals surface area contributed by atoms with Crippen LogP contribution in [-0.2, 0) is 9.53 Å². The van der Waals surface area contributed by atoms with Crippen LogP contribution in [0.25, 0.3) is 0 Å². The minimum absolute atomic E-state index is 0.0911. The summed E-state index contributed by atoms with van der Waals surface area (Å²) in [5.41, 5.74) is 1.44. The van der Waals surface area contributed by atoms with E-state index in [1.165, 1.54) is 0 Å². The Balaban J connectivity index is 2.23. The number of cyclic esters (lactones) is 1. The smallest absolute Gasteiger partial charge is 0.334 e. The minimum Gasteiger partial charge on any atom is -0.458 e. The predicted molar refractivity (Wildman–Crippen MR) is 69.5 cm³/mol. The predicted octanol–water partition coefficient (Wildman–Crippen LogP) is 2.68. The zero-order valence-corrected chi connectivity index (χ0v) is 10.7. The number of hydrogen-bond donors (Lipinski definition) is 1. The molecule has 1 aromatic rings. The summed E-state index contributed by atoms with van der Waals surface area (Å²) in [5, 5.41) is 9.53. The van der Waals surface area contributed by atoms with Crippen molar-refractivity contribution < 1.29 is 14.6 Å². The Hall–Kier alpha value is -1.32. The maximum atomic E-state index is 11.6. The molecule has 1 saturated heterocycles. The van der Waals surface area contributed by atoms with Crippen LogP contribution in [0.5, 0.6) is 0 Å². The molecule has 0 saturated carbocycles. The van der Waals surface area contributed by atoms with Gasteiger partial charge in [-0.1, -0.05) is 30.3 Å². The van der Waals surface area contributed by atoms with E-state index in [2.05, 4.69) is 6.58 Å². The van der Waals surface area contributed by atoms with Crippen molar-refractivity contribution >= 4 is 17.6 Å². The average Bonchev–Trinajstić information content (AvgIpc) is 2.64. The number of carbonyl (C=O) groups is 1. The molecule has 0 spiro atoms. The van der Waals surface area contributed by atoms with Crippen LogP contribution in [0.2, 0.25) is 5.02 Å². The molecule has 2 atom stereocenters. The first-order valence-corrected chi connectivity index (χ1v) is 6.27. The van der Waals surface area contributed by atoms with Gasteiger partial charge in [0.1, 0.15) is 6.10 Å². The lowest BCUT2D eigenvalue weighted by Crippen LogP contribution is -2.15. The highest BCUT2D eigenvalue weighted by Crippen LogP contribution is 2.38. The van der Waals surface area contributed by atoms with Crippen LogP contribution in [0.1, 0.15) is 24.3 Å². The van der Waals surface area contributed by atoms with Gasteiger partial charge in [-0.15, -0.1) is 0 Å². The van der Waals surface area contributed by atoms with Gasteiger partial charge in [0, 0.05) is 17.2 Å². The largest absolute Gasteiger partial charge is 0.458 e. The van der Waals surface area contributed by atoms with Crippen molar-refractivity contribution in [2.24, 2.45) is 0 Å². The van der Waals surface area contributed by atoms with E-state index in [0.29, 0.717) is 23.4 Å². The number of carbonyl (C=O) groups excluding carboxylic acids is 1. The molecule has 1 aromatic carbocycles. The van der Waals surface area contributed by atoms with E-state index >= 15 is 0 Å².